The van der Waals surface area contributed by atoms with E-state index in [4.69, 9.17) is 0 Å². The van der Waals surface area contributed by atoms with E-state index < -0.39 is 5.97 Å². The van der Waals surface area contributed by atoms with Crippen LogP contribution < -0.4 is 5.32 Å². The van der Waals surface area contributed by atoms with E-state index in [2.05, 4.69) is 10.1 Å². The van der Waals surface area contributed by atoms with Crippen LogP contribution in [0.15, 0.2) is 0 Å². The Bertz CT molecular complexity index is 355. The van der Waals surface area contributed by atoms with Crippen LogP contribution in [0.2, 0.25) is 0 Å². The quantitative estimate of drug-likeness (QED) is 0.705. The van der Waals surface area contributed by atoms with E-state index in [1.807, 2.05) is 18.7 Å². The molecular formula is C13H22N2O4. The lowest BCUT2D eigenvalue weighted by Gasteiger charge is -2.21. The van der Waals surface area contributed by atoms with Crippen LogP contribution in [-0.4, -0.2) is 48.9 Å². The molecular weight excluding hydrogens is 248 g/mol. The van der Waals surface area contributed by atoms with Crippen LogP contribution in [0, 0.1) is 5.92 Å². The molecule has 1 heterocycles. The number of likely N-dealkylation sites (tertiary alicyclic amines) is 1. The summed E-state index contributed by atoms with van der Waals surface area (Å²) in [5.41, 5.74) is 0. The molecule has 0 aromatic rings. The lowest BCUT2D eigenvalue weighted by atomic mass is 10.1. The Hall–Kier alpha value is -1.59. The zero-order valence-electron chi connectivity index (χ0n) is 11.8. The largest absolute Gasteiger partial charge is 0.469 e. The number of nitrogens with zero attached hydrogens (tertiary/aromatic N) is 1. The Morgan fingerprint density at radius 3 is 2.63 bits per heavy atom. The molecule has 1 saturated heterocycles. The highest BCUT2D eigenvalue weighted by Gasteiger charge is 2.30. The number of methoxy groups -OCH3 is 1. The molecule has 108 valence electrons. The molecule has 1 N–H and O–H groups in total. The fourth-order valence-electron chi connectivity index (χ4n) is 2.11. The van der Waals surface area contributed by atoms with Gasteiger partial charge in [0.25, 0.3) is 0 Å². The minimum absolute atomic E-state index is 0.0874. The second-order valence-electron chi connectivity index (χ2n) is 5.09. The van der Waals surface area contributed by atoms with Gasteiger partial charge >= 0.3 is 5.97 Å². The zero-order chi connectivity index (χ0) is 14.4. The zero-order valence-corrected chi connectivity index (χ0v) is 11.8. The van der Waals surface area contributed by atoms with Gasteiger partial charge in [-0.25, -0.2) is 0 Å². The van der Waals surface area contributed by atoms with Gasteiger partial charge < -0.3 is 15.0 Å². The average Bonchev–Trinajstić information content (AvgIpc) is 2.74. The summed E-state index contributed by atoms with van der Waals surface area (Å²) in [6.07, 6.45) is 0.695. The van der Waals surface area contributed by atoms with E-state index in [1.54, 1.807) is 0 Å². The van der Waals surface area contributed by atoms with E-state index in [1.165, 1.54) is 7.11 Å². The minimum atomic E-state index is -0.392. The fourth-order valence-corrected chi connectivity index (χ4v) is 2.11. The monoisotopic (exact) mass is 270 g/mol. The first-order chi connectivity index (χ1) is 8.93. The molecule has 2 amide bonds. The number of rotatable bonds is 6. The van der Waals surface area contributed by atoms with Crippen LogP contribution in [0.3, 0.4) is 0 Å². The number of carbonyl (C=O) groups is 3. The topological polar surface area (TPSA) is 75.7 Å². The molecule has 1 atom stereocenters. The van der Waals surface area contributed by atoms with Gasteiger partial charge in [0.05, 0.1) is 13.5 Å². The van der Waals surface area contributed by atoms with Crippen LogP contribution >= 0.6 is 0 Å². The van der Waals surface area contributed by atoms with E-state index in [0.717, 1.165) is 0 Å². The molecule has 0 saturated carbocycles. The maximum atomic E-state index is 11.7. The summed E-state index contributed by atoms with van der Waals surface area (Å²) in [5.74, 6) is -0.265. The van der Waals surface area contributed by atoms with Gasteiger partial charge in [-0.3, -0.25) is 14.4 Å². The van der Waals surface area contributed by atoms with E-state index >= 15 is 0 Å². The highest BCUT2D eigenvalue weighted by Crippen LogP contribution is 2.19. The standard InChI is InChI=1S/C13H22N2O4/c1-9(2)15-8-10(6-12(15)17)7-14-11(16)4-5-13(18)19-3/h9-10H,4-8H2,1-3H3,(H,14,16). The van der Waals surface area contributed by atoms with Crippen molar-refractivity contribution < 1.29 is 19.1 Å². The molecule has 0 aliphatic carbocycles. The fraction of sp³-hybridized carbons (Fsp3) is 0.769. The number of hydrogen-bond donors (Lipinski definition) is 1. The number of carbonyl (C=O) groups excluding carboxylic acids is 3. The van der Waals surface area contributed by atoms with Gasteiger partial charge in [-0.15, -0.1) is 0 Å². The molecule has 0 bridgehead atoms. The predicted octanol–water partition coefficient (Wildman–Crippen LogP) is 0.313. The van der Waals surface area contributed by atoms with Gasteiger partial charge in [-0.05, 0) is 13.8 Å². The third-order valence-corrected chi connectivity index (χ3v) is 3.23. The summed E-state index contributed by atoms with van der Waals surface area (Å²) in [4.78, 5) is 35.9. The second kappa shape index (κ2) is 7.11. The van der Waals surface area contributed by atoms with Crippen molar-refractivity contribution in [3.05, 3.63) is 0 Å². The van der Waals surface area contributed by atoms with E-state index in [9.17, 15) is 14.4 Å². The van der Waals surface area contributed by atoms with Crippen molar-refractivity contribution in [1.29, 1.82) is 0 Å². The summed E-state index contributed by atoms with van der Waals surface area (Å²) >= 11 is 0. The SMILES string of the molecule is COC(=O)CCC(=O)NCC1CC(=O)N(C(C)C)C1. The molecule has 1 aliphatic heterocycles. The number of esters is 1. The first-order valence-corrected chi connectivity index (χ1v) is 6.57. The first-order valence-electron chi connectivity index (χ1n) is 6.57. The Balaban J connectivity index is 2.25. The van der Waals surface area contributed by atoms with Crippen LogP contribution in [0.4, 0.5) is 0 Å². The molecule has 6 heteroatoms. The van der Waals surface area contributed by atoms with Crippen molar-refractivity contribution in [3.8, 4) is 0 Å². The van der Waals surface area contributed by atoms with Gasteiger partial charge in [-0.2, -0.15) is 0 Å². The minimum Gasteiger partial charge on any atom is -0.469 e. The van der Waals surface area contributed by atoms with Gasteiger partial charge in [0, 0.05) is 37.9 Å². The summed E-state index contributed by atoms with van der Waals surface area (Å²) in [7, 11) is 1.30. The van der Waals surface area contributed by atoms with Crippen molar-refractivity contribution in [2.24, 2.45) is 5.92 Å². The van der Waals surface area contributed by atoms with E-state index in [-0.39, 0.29) is 36.6 Å². The summed E-state index contributed by atoms with van der Waals surface area (Å²) in [5, 5.41) is 2.76. The lowest BCUT2D eigenvalue weighted by Crippen LogP contribution is -2.34. The molecule has 6 nitrogen and oxygen atoms in total. The molecule has 19 heavy (non-hydrogen) atoms. The molecule has 0 aromatic carbocycles. The van der Waals surface area contributed by atoms with Crippen molar-refractivity contribution in [2.75, 3.05) is 20.2 Å². The van der Waals surface area contributed by atoms with Gasteiger partial charge in [0.15, 0.2) is 0 Å². The van der Waals surface area contributed by atoms with Crippen LogP contribution in [0.1, 0.15) is 33.1 Å². The lowest BCUT2D eigenvalue weighted by molar-refractivity contribution is -0.142. The second-order valence-corrected chi connectivity index (χ2v) is 5.09. The molecule has 1 aliphatic rings. The number of nitrogens with one attached hydrogen (secondary N) is 1. The highest BCUT2D eigenvalue weighted by atomic mass is 16.5. The number of hydrogen-bond acceptors (Lipinski definition) is 4. The predicted molar refractivity (Wildman–Crippen MR) is 69.2 cm³/mol. The van der Waals surface area contributed by atoms with Gasteiger partial charge in [0.1, 0.15) is 0 Å². The maximum Gasteiger partial charge on any atom is 0.306 e. The molecule has 1 fully saturated rings. The first kappa shape index (κ1) is 15.5. The van der Waals surface area contributed by atoms with Gasteiger partial charge in [-0.1, -0.05) is 0 Å². The Kier molecular flexibility index (Phi) is 5.79. The van der Waals surface area contributed by atoms with Crippen molar-refractivity contribution in [3.63, 3.8) is 0 Å². The van der Waals surface area contributed by atoms with Crippen molar-refractivity contribution in [2.45, 2.75) is 39.2 Å². The van der Waals surface area contributed by atoms with Crippen LogP contribution in [0.5, 0.6) is 0 Å². The average molecular weight is 270 g/mol. The van der Waals surface area contributed by atoms with Gasteiger partial charge in [0.2, 0.25) is 11.8 Å². The molecule has 1 unspecified atom stereocenters. The Morgan fingerprint density at radius 1 is 1.42 bits per heavy atom. The van der Waals surface area contributed by atoms with E-state index in [0.29, 0.717) is 19.5 Å². The summed E-state index contributed by atoms with van der Waals surface area (Å²) < 4.78 is 4.46. The smallest absolute Gasteiger partial charge is 0.306 e. The van der Waals surface area contributed by atoms with Crippen molar-refractivity contribution >= 4 is 17.8 Å². The molecule has 1 rings (SSSR count). The molecule has 0 spiro atoms. The van der Waals surface area contributed by atoms with Crippen molar-refractivity contribution in [1.82, 2.24) is 10.2 Å². The third-order valence-electron chi connectivity index (χ3n) is 3.23. The highest BCUT2D eigenvalue weighted by molar-refractivity contribution is 5.81. The maximum absolute atomic E-state index is 11.7. The molecule has 0 aromatic heterocycles. The summed E-state index contributed by atoms with van der Waals surface area (Å²) in [6.45, 7) is 5.13. The van der Waals surface area contributed by atoms with Crippen LogP contribution in [0.25, 0.3) is 0 Å². The molecule has 0 radical (unpaired) electrons. The normalized spacial score (nSPS) is 18.8. The Morgan fingerprint density at radius 2 is 2.11 bits per heavy atom. The summed E-state index contributed by atoms with van der Waals surface area (Å²) in [6, 6.07) is 0.201. The Labute approximate surface area is 113 Å². The third kappa shape index (κ3) is 4.89. The number of ether oxygens (including phenoxy) is 1. The van der Waals surface area contributed by atoms with Crippen LogP contribution in [-0.2, 0) is 19.1 Å². The number of amides is 2.